The molecule has 6 nitrogen and oxygen atoms in total. The lowest BCUT2D eigenvalue weighted by molar-refractivity contribution is -0.149. The molecule has 1 N–H and O–H groups in total. The molecule has 0 amide bonds. The van der Waals surface area contributed by atoms with Crippen molar-refractivity contribution in [1.29, 1.82) is 0 Å². The van der Waals surface area contributed by atoms with E-state index in [0.29, 0.717) is 6.54 Å². The van der Waals surface area contributed by atoms with Crippen molar-refractivity contribution < 1.29 is 23.1 Å². The smallest absolute Gasteiger partial charge is 0.313 e. The average Bonchev–Trinajstić information content (AvgIpc) is 2.67. The standard InChI is InChI=1S/C10H17NO5S/c1-7-3-11(17(14,15)5-7)8-4-16-6-10(8,2)9(12)13/h7-8H,3-6H2,1-2H3,(H,12,13). The van der Waals surface area contributed by atoms with E-state index in [9.17, 15) is 18.3 Å². The molecule has 2 heterocycles. The van der Waals surface area contributed by atoms with Gasteiger partial charge in [-0.05, 0) is 12.8 Å². The molecule has 2 aliphatic rings. The predicted octanol–water partition coefficient (Wildman–Crippen LogP) is -0.242. The lowest BCUT2D eigenvalue weighted by Gasteiger charge is -2.31. The van der Waals surface area contributed by atoms with Crippen LogP contribution in [0.3, 0.4) is 0 Å². The first kappa shape index (κ1) is 12.8. The minimum absolute atomic E-state index is 0.0404. The molecule has 0 aromatic carbocycles. The van der Waals surface area contributed by atoms with Gasteiger partial charge in [-0.2, -0.15) is 4.31 Å². The Bertz CT molecular complexity index is 434. The molecule has 2 rings (SSSR count). The Kier molecular flexibility index (Phi) is 2.95. The zero-order valence-corrected chi connectivity index (χ0v) is 10.7. The van der Waals surface area contributed by atoms with Gasteiger partial charge in [-0.25, -0.2) is 8.42 Å². The van der Waals surface area contributed by atoms with Gasteiger partial charge in [-0.15, -0.1) is 0 Å². The van der Waals surface area contributed by atoms with Gasteiger partial charge in [-0.1, -0.05) is 6.92 Å². The van der Waals surface area contributed by atoms with E-state index in [1.807, 2.05) is 6.92 Å². The van der Waals surface area contributed by atoms with Crippen LogP contribution in [0.5, 0.6) is 0 Å². The van der Waals surface area contributed by atoms with Gasteiger partial charge in [0.05, 0.1) is 25.0 Å². The van der Waals surface area contributed by atoms with Gasteiger partial charge in [0.2, 0.25) is 10.0 Å². The van der Waals surface area contributed by atoms with Gasteiger partial charge in [0.25, 0.3) is 0 Å². The summed E-state index contributed by atoms with van der Waals surface area (Å²) in [5.41, 5.74) is -1.14. The number of sulfonamides is 1. The van der Waals surface area contributed by atoms with E-state index in [4.69, 9.17) is 4.74 Å². The number of aliphatic carboxylic acids is 1. The molecule has 0 radical (unpaired) electrons. The third-order valence-electron chi connectivity index (χ3n) is 3.59. The summed E-state index contributed by atoms with van der Waals surface area (Å²) >= 11 is 0. The Hall–Kier alpha value is -0.660. The fourth-order valence-electron chi connectivity index (χ4n) is 2.52. The zero-order chi connectivity index (χ0) is 12.8. The van der Waals surface area contributed by atoms with Crippen LogP contribution in [0.15, 0.2) is 0 Å². The number of nitrogens with zero attached hydrogens (tertiary/aromatic N) is 1. The third kappa shape index (κ3) is 1.96. The molecule has 3 atom stereocenters. The van der Waals surface area contributed by atoms with Crippen molar-refractivity contribution in [2.75, 3.05) is 25.5 Å². The van der Waals surface area contributed by atoms with E-state index in [2.05, 4.69) is 0 Å². The van der Waals surface area contributed by atoms with E-state index < -0.39 is 27.4 Å². The molecule has 0 spiro atoms. The topological polar surface area (TPSA) is 83.9 Å². The van der Waals surface area contributed by atoms with Crippen molar-refractivity contribution in [3.63, 3.8) is 0 Å². The molecule has 7 heteroatoms. The van der Waals surface area contributed by atoms with E-state index in [1.54, 1.807) is 6.92 Å². The molecule has 0 aromatic heterocycles. The van der Waals surface area contributed by atoms with Crippen molar-refractivity contribution in [2.45, 2.75) is 19.9 Å². The number of carbonyl (C=O) groups is 1. The van der Waals surface area contributed by atoms with E-state index in [1.165, 1.54) is 4.31 Å². The Balaban J connectivity index is 2.32. The number of carboxylic acids is 1. The summed E-state index contributed by atoms with van der Waals surface area (Å²) in [7, 11) is -3.33. The largest absolute Gasteiger partial charge is 0.481 e. The minimum Gasteiger partial charge on any atom is -0.481 e. The van der Waals surface area contributed by atoms with Crippen molar-refractivity contribution in [2.24, 2.45) is 11.3 Å². The van der Waals surface area contributed by atoms with E-state index in [0.717, 1.165) is 0 Å². The highest BCUT2D eigenvalue weighted by Crippen LogP contribution is 2.36. The molecule has 98 valence electrons. The van der Waals surface area contributed by atoms with Crippen molar-refractivity contribution in [3.8, 4) is 0 Å². The van der Waals surface area contributed by atoms with Crippen molar-refractivity contribution in [3.05, 3.63) is 0 Å². The first-order valence-electron chi connectivity index (χ1n) is 5.58. The number of hydrogen-bond donors (Lipinski definition) is 1. The Morgan fingerprint density at radius 3 is 2.65 bits per heavy atom. The number of carboxylic acid groups (broad SMARTS) is 1. The number of hydrogen-bond acceptors (Lipinski definition) is 4. The van der Waals surface area contributed by atoms with Crippen molar-refractivity contribution in [1.82, 2.24) is 4.31 Å². The predicted molar refractivity (Wildman–Crippen MR) is 60.0 cm³/mol. The average molecular weight is 263 g/mol. The van der Waals surface area contributed by atoms with Crippen LogP contribution < -0.4 is 0 Å². The molecule has 2 fully saturated rings. The normalized spacial score (nSPS) is 41.8. The first-order chi connectivity index (χ1) is 7.77. The van der Waals surface area contributed by atoms with Crippen LogP contribution >= 0.6 is 0 Å². The van der Waals surface area contributed by atoms with Crippen LogP contribution in [0.1, 0.15) is 13.8 Å². The highest BCUT2D eigenvalue weighted by molar-refractivity contribution is 7.89. The second kappa shape index (κ2) is 3.93. The summed E-state index contributed by atoms with van der Waals surface area (Å²) < 4.78 is 30.4. The summed E-state index contributed by atoms with van der Waals surface area (Å²) in [6.45, 7) is 4.01. The zero-order valence-electron chi connectivity index (χ0n) is 9.92. The van der Waals surface area contributed by atoms with Gasteiger partial charge in [0.15, 0.2) is 0 Å². The van der Waals surface area contributed by atoms with Gasteiger partial charge < -0.3 is 9.84 Å². The summed E-state index contributed by atoms with van der Waals surface area (Å²) in [6.07, 6.45) is 0. The van der Waals surface area contributed by atoms with Crippen LogP contribution in [0.2, 0.25) is 0 Å². The van der Waals surface area contributed by atoms with Crippen LogP contribution in [0, 0.1) is 11.3 Å². The van der Waals surface area contributed by atoms with Crippen LogP contribution in [0.25, 0.3) is 0 Å². The lowest BCUT2D eigenvalue weighted by atomic mass is 9.85. The summed E-state index contributed by atoms with van der Waals surface area (Å²) in [4.78, 5) is 11.3. The molecule has 0 aromatic rings. The Morgan fingerprint density at radius 2 is 2.18 bits per heavy atom. The second-order valence-electron chi connectivity index (χ2n) is 5.21. The molecular formula is C10H17NO5S. The maximum absolute atomic E-state index is 11.9. The molecule has 0 bridgehead atoms. The Morgan fingerprint density at radius 1 is 1.53 bits per heavy atom. The maximum atomic E-state index is 11.9. The van der Waals surface area contributed by atoms with Gasteiger partial charge in [-0.3, -0.25) is 4.79 Å². The van der Waals surface area contributed by atoms with Crippen LogP contribution in [-0.4, -0.2) is 55.4 Å². The molecule has 0 saturated carbocycles. The fourth-order valence-corrected chi connectivity index (χ4v) is 4.70. The molecule has 17 heavy (non-hydrogen) atoms. The molecule has 0 aliphatic carbocycles. The summed E-state index contributed by atoms with van der Waals surface area (Å²) in [5, 5.41) is 9.24. The number of rotatable bonds is 2. The Labute approximate surface area is 101 Å². The lowest BCUT2D eigenvalue weighted by Crippen LogP contribution is -2.50. The highest BCUT2D eigenvalue weighted by atomic mass is 32.2. The number of ether oxygens (including phenoxy) is 1. The van der Waals surface area contributed by atoms with Crippen LogP contribution in [0.4, 0.5) is 0 Å². The third-order valence-corrected chi connectivity index (χ3v) is 5.70. The van der Waals surface area contributed by atoms with Gasteiger partial charge >= 0.3 is 5.97 Å². The monoisotopic (exact) mass is 263 g/mol. The van der Waals surface area contributed by atoms with E-state index in [-0.39, 0.29) is 24.9 Å². The molecule has 3 unspecified atom stereocenters. The minimum atomic E-state index is -3.33. The van der Waals surface area contributed by atoms with E-state index >= 15 is 0 Å². The highest BCUT2D eigenvalue weighted by Gasteiger charge is 2.54. The summed E-state index contributed by atoms with van der Waals surface area (Å²) in [6, 6.07) is -0.588. The van der Waals surface area contributed by atoms with Crippen LogP contribution in [-0.2, 0) is 19.6 Å². The first-order valence-corrected chi connectivity index (χ1v) is 7.19. The van der Waals surface area contributed by atoms with Gasteiger partial charge in [0.1, 0.15) is 5.41 Å². The quantitative estimate of drug-likeness (QED) is 0.743. The molecular weight excluding hydrogens is 246 g/mol. The van der Waals surface area contributed by atoms with Crippen molar-refractivity contribution >= 4 is 16.0 Å². The molecule has 2 saturated heterocycles. The maximum Gasteiger partial charge on any atom is 0.313 e. The van der Waals surface area contributed by atoms with Gasteiger partial charge in [0, 0.05) is 6.54 Å². The molecule has 2 aliphatic heterocycles. The second-order valence-corrected chi connectivity index (χ2v) is 7.17. The SMILES string of the molecule is CC1CN(C2COCC2(C)C(=O)O)S(=O)(=O)C1. The fraction of sp³-hybridized carbons (Fsp3) is 0.900. The summed E-state index contributed by atoms with van der Waals surface area (Å²) in [5.74, 6) is -0.868.